The van der Waals surface area contributed by atoms with Gasteiger partial charge in [-0.2, -0.15) is 0 Å². The van der Waals surface area contributed by atoms with Gasteiger partial charge < -0.3 is 10.1 Å². The number of rotatable bonds is 8. The molecule has 2 aromatic carbocycles. The van der Waals surface area contributed by atoms with Crippen molar-refractivity contribution >= 4 is 29.2 Å². The summed E-state index contributed by atoms with van der Waals surface area (Å²) in [5.74, 6) is -0.986. The number of hydrogen-bond acceptors (Lipinski definition) is 5. The summed E-state index contributed by atoms with van der Waals surface area (Å²) in [6.45, 7) is -0.378. The second-order valence-corrected chi connectivity index (χ2v) is 7.97. The van der Waals surface area contributed by atoms with E-state index in [1.54, 1.807) is 6.07 Å². The Morgan fingerprint density at radius 1 is 1.00 bits per heavy atom. The fraction of sp³-hybridized carbons (Fsp3) is 0.160. The first-order chi connectivity index (χ1) is 15.7. The molecule has 7 heteroatoms. The summed E-state index contributed by atoms with van der Waals surface area (Å²) >= 11 is 1.43. The molecule has 2 heterocycles. The van der Waals surface area contributed by atoms with Gasteiger partial charge >= 0.3 is 5.97 Å². The summed E-state index contributed by atoms with van der Waals surface area (Å²) in [5, 5.41) is 3.68. The van der Waals surface area contributed by atoms with E-state index in [9.17, 15) is 9.59 Å². The fourth-order valence-electron chi connectivity index (χ4n) is 3.53. The zero-order valence-electron chi connectivity index (χ0n) is 17.6. The quantitative estimate of drug-likeness (QED) is 0.323. The molecular weight excluding hydrogens is 422 g/mol. The topological polar surface area (TPSA) is 72.7 Å². The highest BCUT2D eigenvalue weighted by Crippen LogP contribution is 2.21. The van der Waals surface area contributed by atoms with Crippen LogP contribution in [0.25, 0.3) is 5.52 Å². The standard InChI is InChI=1S/C25H23N3O3S/c1-32-25-27-23(21-14-8-9-15-28(21)25)24(30)31-17-22(29)26-20(19-12-6-3-7-13-19)16-18-10-4-2-5-11-18/h2-15,20H,16-17H2,1H3,(H,26,29). The van der Waals surface area contributed by atoms with Gasteiger partial charge in [-0.15, -0.1) is 0 Å². The van der Waals surface area contributed by atoms with E-state index in [0.29, 0.717) is 17.1 Å². The lowest BCUT2D eigenvalue weighted by atomic mass is 9.99. The van der Waals surface area contributed by atoms with Gasteiger partial charge in [-0.3, -0.25) is 9.20 Å². The van der Waals surface area contributed by atoms with Gasteiger partial charge in [0, 0.05) is 6.20 Å². The number of carbonyl (C=O) groups excluding carboxylic acids is 2. The lowest BCUT2D eigenvalue weighted by Crippen LogP contribution is -2.33. The predicted molar refractivity (Wildman–Crippen MR) is 125 cm³/mol. The lowest BCUT2D eigenvalue weighted by Gasteiger charge is -2.19. The van der Waals surface area contributed by atoms with Crippen LogP contribution >= 0.6 is 11.8 Å². The van der Waals surface area contributed by atoms with Gasteiger partial charge in [-0.1, -0.05) is 78.5 Å². The summed E-state index contributed by atoms with van der Waals surface area (Å²) in [4.78, 5) is 29.7. The highest BCUT2D eigenvalue weighted by Gasteiger charge is 2.21. The van der Waals surface area contributed by atoms with Crippen molar-refractivity contribution in [3.8, 4) is 0 Å². The minimum atomic E-state index is -0.622. The maximum absolute atomic E-state index is 12.7. The number of esters is 1. The van der Waals surface area contributed by atoms with E-state index in [1.807, 2.05) is 89.6 Å². The molecule has 1 atom stereocenters. The first kappa shape index (κ1) is 21.6. The number of thioether (sulfide) groups is 1. The Morgan fingerprint density at radius 3 is 2.41 bits per heavy atom. The number of hydrogen-bond donors (Lipinski definition) is 1. The molecule has 1 amide bonds. The first-order valence-electron chi connectivity index (χ1n) is 10.2. The molecule has 0 bridgehead atoms. The van der Waals surface area contributed by atoms with Gasteiger partial charge in [0.2, 0.25) is 0 Å². The Hall–Kier alpha value is -3.58. The van der Waals surface area contributed by atoms with E-state index in [-0.39, 0.29) is 24.2 Å². The Kier molecular flexibility index (Phi) is 6.87. The van der Waals surface area contributed by atoms with Gasteiger partial charge in [0.15, 0.2) is 17.5 Å². The SMILES string of the molecule is CSc1nc(C(=O)OCC(=O)NC(Cc2ccccc2)c2ccccc2)c2ccccn12. The summed E-state index contributed by atoms with van der Waals surface area (Å²) < 4.78 is 7.13. The third-order valence-corrected chi connectivity index (χ3v) is 5.70. The summed E-state index contributed by atoms with van der Waals surface area (Å²) in [6.07, 6.45) is 4.36. The summed E-state index contributed by atoms with van der Waals surface area (Å²) in [5.41, 5.74) is 2.94. The highest BCUT2D eigenvalue weighted by atomic mass is 32.2. The van der Waals surface area contributed by atoms with Crippen LogP contribution in [0.2, 0.25) is 0 Å². The monoisotopic (exact) mass is 445 g/mol. The van der Waals surface area contributed by atoms with Gasteiger partial charge in [0.05, 0.1) is 11.6 Å². The average Bonchev–Trinajstić information content (AvgIpc) is 3.22. The van der Waals surface area contributed by atoms with Gasteiger partial charge in [0.1, 0.15) is 0 Å². The Balaban J connectivity index is 1.44. The van der Waals surface area contributed by atoms with Crippen molar-refractivity contribution in [2.24, 2.45) is 0 Å². The van der Waals surface area contributed by atoms with Crippen LogP contribution in [-0.2, 0) is 16.0 Å². The van der Waals surface area contributed by atoms with Crippen LogP contribution in [0.4, 0.5) is 0 Å². The number of pyridine rings is 1. The van der Waals surface area contributed by atoms with Gasteiger partial charge in [-0.05, 0) is 35.9 Å². The first-order valence-corrected chi connectivity index (χ1v) is 11.4. The number of benzene rings is 2. The normalized spacial score (nSPS) is 11.8. The van der Waals surface area contributed by atoms with Crippen molar-refractivity contribution < 1.29 is 14.3 Å². The molecule has 0 aliphatic heterocycles. The molecule has 2 aromatic heterocycles. The molecule has 0 saturated heterocycles. The van der Waals surface area contributed by atoms with Crippen molar-refractivity contribution in [2.75, 3.05) is 12.9 Å². The third-order valence-electron chi connectivity index (χ3n) is 5.05. The molecule has 4 aromatic rings. The summed E-state index contributed by atoms with van der Waals surface area (Å²) in [6, 6.07) is 25.0. The zero-order chi connectivity index (χ0) is 22.3. The maximum atomic E-state index is 12.7. The number of aromatic nitrogens is 2. The smallest absolute Gasteiger partial charge is 0.359 e. The Morgan fingerprint density at radius 2 is 1.69 bits per heavy atom. The molecule has 0 spiro atoms. The van der Waals surface area contributed by atoms with E-state index >= 15 is 0 Å². The Labute approximate surface area is 190 Å². The molecular formula is C25H23N3O3S. The molecule has 32 heavy (non-hydrogen) atoms. The maximum Gasteiger partial charge on any atom is 0.359 e. The molecule has 1 unspecified atom stereocenters. The van der Waals surface area contributed by atoms with Crippen LogP contribution in [0.3, 0.4) is 0 Å². The van der Waals surface area contributed by atoms with Gasteiger partial charge in [-0.25, -0.2) is 9.78 Å². The van der Waals surface area contributed by atoms with E-state index in [4.69, 9.17) is 4.74 Å². The van der Waals surface area contributed by atoms with Gasteiger partial charge in [0.25, 0.3) is 5.91 Å². The van der Waals surface area contributed by atoms with E-state index in [0.717, 1.165) is 11.1 Å². The number of amides is 1. The van der Waals surface area contributed by atoms with Crippen LogP contribution in [0.5, 0.6) is 0 Å². The predicted octanol–water partition coefficient (Wildman–Crippen LogP) is 4.31. The minimum absolute atomic E-state index is 0.201. The third kappa shape index (κ3) is 5.00. The molecule has 4 rings (SSSR count). The van der Waals surface area contributed by atoms with Crippen molar-refractivity contribution in [1.29, 1.82) is 0 Å². The van der Waals surface area contributed by atoms with Crippen molar-refractivity contribution in [3.05, 3.63) is 102 Å². The van der Waals surface area contributed by atoms with E-state index < -0.39 is 5.97 Å². The molecule has 0 radical (unpaired) electrons. The average molecular weight is 446 g/mol. The minimum Gasteiger partial charge on any atom is -0.451 e. The largest absolute Gasteiger partial charge is 0.451 e. The molecule has 0 aliphatic carbocycles. The zero-order valence-corrected chi connectivity index (χ0v) is 18.4. The van der Waals surface area contributed by atoms with Crippen LogP contribution in [0.15, 0.2) is 90.2 Å². The highest BCUT2D eigenvalue weighted by molar-refractivity contribution is 7.98. The van der Waals surface area contributed by atoms with Crippen molar-refractivity contribution in [1.82, 2.24) is 14.7 Å². The summed E-state index contributed by atoms with van der Waals surface area (Å²) in [7, 11) is 0. The second kappa shape index (κ2) is 10.2. The molecule has 0 fully saturated rings. The van der Waals surface area contributed by atoms with E-state index in [1.165, 1.54) is 11.8 Å². The fourth-order valence-corrected chi connectivity index (χ4v) is 4.07. The molecule has 0 aliphatic rings. The number of ether oxygens (including phenoxy) is 1. The van der Waals surface area contributed by atoms with Crippen LogP contribution in [-0.4, -0.2) is 34.1 Å². The van der Waals surface area contributed by atoms with Crippen LogP contribution < -0.4 is 5.32 Å². The van der Waals surface area contributed by atoms with Crippen molar-refractivity contribution in [2.45, 2.75) is 17.6 Å². The van der Waals surface area contributed by atoms with E-state index in [2.05, 4.69) is 10.3 Å². The van der Waals surface area contributed by atoms with Crippen LogP contribution in [0.1, 0.15) is 27.7 Å². The number of nitrogens with one attached hydrogen (secondary N) is 1. The second-order valence-electron chi connectivity index (χ2n) is 7.20. The number of fused-ring (bicyclic) bond motifs is 1. The number of imidazole rings is 1. The Bertz CT molecular complexity index is 1210. The number of carbonyl (C=O) groups is 2. The lowest BCUT2D eigenvalue weighted by molar-refractivity contribution is -0.125. The number of nitrogens with zero attached hydrogens (tertiary/aromatic N) is 2. The van der Waals surface area contributed by atoms with Crippen molar-refractivity contribution in [3.63, 3.8) is 0 Å². The molecule has 1 N–H and O–H groups in total. The van der Waals surface area contributed by atoms with Crippen LogP contribution in [0, 0.1) is 0 Å². The molecule has 162 valence electrons. The molecule has 6 nitrogen and oxygen atoms in total. The molecule has 0 saturated carbocycles.